The molecule has 1 aromatic heterocycles. The number of anilines is 1. The van der Waals surface area contributed by atoms with Gasteiger partial charge in [0.2, 0.25) is 17.7 Å². The molecule has 3 atom stereocenters. The molecule has 3 aliphatic rings. The lowest BCUT2D eigenvalue weighted by Gasteiger charge is -2.40. The van der Waals surface area contributed by atoms with Crippen LogP contribution < -0.4 is 16.0 Å². The Morgan fingerprint density at radius 2 is 1.85 bits per heavy atom. The topological polar surface area (TPSA) is 113 Å². The summed E-state index contributed by atoms with van der Waals surface area (Å²) in [5, 5.41) is 11.7. The molecule has 0 saturated carbocycles. The number of allylic oxidation sites excluding steroid dienone is 2. The van der Waals surface area contributed by atoms with Gasteiger partial charge in [0.15, 0.2) is 5.13 Å². The van der Waals surface area contributed by atoms with Crippen LogP contribution in [0.3, 0.4) is 0 Å². The number of nitrogens with one attached hydrogen (secondary N) is 3. The van der Waals surface area contributed by atoms with Gasteiger partial charge in [-0.2, -0.15) is 0 Å². The van der Waals surface area contributed by atoms with Gasteiger partial charge in [-0.1, -0.05) is 42.5 Å². The first-order chi connectivity index (χ1) is 22.4. The van der Waals surface area contributed by atoms with Gasteiger partial charge in [-0.25, -0.2) is 9.37 Å². The first kappa shape index (κ1) is 32.0. The van der Waals surface area contributed by atoms with Crippen LogP contribution in [0.5, 0.6) is 0 Å². The van der Waals surface area contributed by atoms with Crippen LogP contribution >= 0.6 is 11.3 Å². The zero-order chi connectivity index (χ0) is 31.9. The zero-order valence-electron chi connectivity index (χ0n) is 25.8. The van der Waals surface area contributed by atoms with Gasteiger partial charge in [-0.3, -0.25) is 19.3 Å². The maximum absolute atomic E-state index is 13.8. The average Bonchev–Trinajstić information content (AvgIpc) is 3.52. The van der Waals surface area contributed by atoms with Gasteiger partial charge in [0.25, 0.3) is 0 Å². The summed E-state index contributed by atoms with van der Waals surface area (Å²) in [5.74, 6) is -0.622. The lowest BCUT2D eigenvalue weighted by Crippen LogP contribution is -2.58. The molecule has 3 aliphatic heterocycles. The molecule has 4 heterocycles. The first-order valence-electron chi connectivity index (χ1n) is 16.0. The van der Waals surface area contributed by atoms with Crippen molar-refractivity contribution in [3.05, 3.63) is 83.5 Å². The second kappa shape index (κ2) is 14.7. The van der Waals surface area contributed by atoms with Crippen molar-refractivity contribution >= 4 is 34.2 Å². The quantitative estimate of drug-likeness (QED) is 0.339. The number of nitrogens with zero attached hydrogens (tertiary/aromatic N) is 2. The Morgan fingerprint density at radius 3 is 2.63 bits per heavy atom. The van der Waals surface area contributed by atoms with Crippen LogP contribution in [0.4, 0.5) is 9.52 Å². The summed E-state index contributed by atoms with van der Waals surface area (Å²) >= 11 is 1.33. The molecule has 3 aromatic rings. The number of benzene rings is 2. The Morgan fingerprint density at radius 1 is 1.07 bits per heavy atom. The summed E-state index contributed by atoms with van der Waals surface area (Å²) in [6, 6.07) is 15.1. The number of amides is 3. The molecule has 3 N–H and O–H groups in total. The molecule has 242 valence electrons. The van der Waals surface area contributed by atoms with E-state index in [0.717, 1.165) is 17.5 Å². The average molecular weight is 646 g/mol. The number of hydrogen-bond donors (Lipinski definition) is 3. The van der Waals surface area contributed by atoms with Crippen LogP contribution in [0.2, 0.25) is 0 Å². The summed E-state index contributed by atoms with van der Waals surface area (Å²) in [6.45, 7) is 2.55. The minimum absolute atomic E-state index is 0.0830. The van der Waals surface area contributed by atoms with Gasteiger partial charge >= 0.3 is 0 Å². The van der Waals surface area contributed by atoms with Crippen molar-refractivity contribution in [1.29, 1.82) is 0 Å². The third kappa shape index (κ3) is 7.89. The molecule has 2 fully saturated rings. The van der Waals surface area contributed by atoms with Crippen LogP contribution in [0.15, 0.2) is 72.1 Å². The summed E-state index contributed by atoms with van der Waals surface area (Å²) < 4.78 is 18.9. The highest BCUT2D eigenvalue weighted by atomic mass is 32.1. The normalized spacial score (nSPS) is 23.8. The number of ether oxygens (including phenoxy) is 1. The molecule has 1 spiro atoms. The van der Waals surface area contributed by atoms with E-state index in [1.54, 1.807) is 12.1 Å². The standard InChI is InChI=1S/C35H40FN5O4S/c36-27-11-9-25(10-12-27)30-23-46-34(39-30)40-31(42)22-41-17-13-28-26(21-41)8-4-5-14-35(15-18-45-19-16-35)33(44)38-29(32(43)37-28)20-24-6-2-1-3-7-24/h1-7,9-12,23,26,28-29H,8,13-22H2,(H,37,43)(H,38,44)(H,39,40,42)/t26-,28+,29+/m0/s1. The number of likely N-dealkylation sites (tertiary alicyclic amines) is 1. The number of fused-ring (bicyclic) bond motifs is 1. The van der Waals surface area contributed by atoms with E-state index >= 15 is 0 Å². The van der Waals surface area contributed by atoms with E-state index in [-0.39, 0.29) is 42.0 Å². The minimum Gasteiger partial charge on any atom is -0.381 e. The van der Waals surface area contributed by atoms with Crippen LogP contribution in [0.1, 0.15) is 37.7 Å². The van der Waals surface area contributed by atoms with Crippen LogP contribution in [0.25, 0.3) is 11.3 Å². The number of hydrogen-bond acceptors (Lipinski definition) is 7. The molecular formula is C35H40FN5O4S. The maximum Gasteiger partial charge on any atom is 0.243 e. The predicted octanol–water partition coefficient (Wildman–Crippen LogP) is 4.57. The van der Waals surface area contributed by atoms with E-state index < -0.39 is 11.5 Å². The smallest absolute Gasteiger partial charge is 0.243 e. The van der Waals surface area contributed by atoms with Crippen molar-refractivity contribution < 1.29 is 23.5 Å². The zero-order valence-corrected chi connectivity index (χ0v) is 26.6. The van der Waals surface area contributed by atoms with Crippen molar-refractivity contribution in [2.45, 2.75) is 50.6 Å². The lowest BCUT2D eigenvalue weighted by molar-refractivity contribution is -0.140. The Labute approximate surface area is 272 Å². The number of rotatable bonds is 6. The lowest BCUT2D eigenvalue weighted by atomic mass is 9.75. The van der Waals surface area contributed by atoms with E-state index in [1.807, 2.05) is 35.7 Å². The van der Waals surface area contributed by atoms with E-state index in [4.69, 9.17) is 4.74 Å². The van der Waals surface area contributed by atoms with Crippen LogP contribution in [-0.4, -0.2) is 72.5 Å². The van der Waals surface area contributed by atoms with E-state index in [0.29, 0.717) is 69.2 Å². The molecule has 6 rings (SSSR count). The summed E-state index contributed by atoms with van der Waals surface area (Å²) in [6.07, 6.45) is 7.90. The molecule has 2 aromatic carbocycles. The number of halogens is 1. The van der Waals surface area contributed by atoms with Crippen LogP contribution in [-0.2, 0) is 25.5 Å². The molecule has 11 heteroatoms. The van der Waals surface area contributed by atoms with E-state index in [2.05, 4.69) is 38.0 Å². The Hall–Kier alpha value is -3.93. The minimum atomic E-state index is -0.694. The highest BCUT2D eigenvalue weighted by Gasteiger charge is 2.41. The van der Waals surface area contributed by atoms with Crippen molar-refractivity contribution in [2.24, 2.45) is 11.3 Å². The summed E-state index contributed by atoms with van der Waals surface area (Å²) in [7, 11) is 0. The number of piperidine rings is 1. The Balaban J connectivity index is 1.13. The molecule has 46 heavy (non-hydrogen) atoms. The molecule has 9 nitrogen and oxygen atoms in total. The molecule has 0 unspecified atom stereocenters. The second-order valence-electron chi connectivity index (χ2n) is 12.5. The highest BCUT2D eigenvalue weighted by molar-refractivity contribution is 7.14. The van der Waals surface area contributed by atoms with Crippen LogP contribution in [0, 0.1) is 17.2 Å². The van der Waals surface area contributed by atoms with E-state index in [9.17, 15) is 18.8 Å². The molecule has 0 aliphatic carbocycles. The molecule has 3 amide bonds. The highest BCUT2D eigenvalue weighted by Crippen LogP contribution is 2.36. The van der Waals surface area contributed by atoms with Crippen molar-refractivity contribution in [1.82, 2.24) is 20.5 Å². The molecule has 0 bridgehead atoms. The van der Waals surface area contributed by atoms with Crippen molar-refractivity contribution in [2.75, 3.05) is 38.2 Å². The van der Waals surface area contributed by atoms with Gasteiger partial charge < -0.3 is 20.7 Å². The fraction of sp³-hybridized carbons (Fsp3) is 0.429. The molecular weight excluding hydrogens is 605 g/mol. The largest absolute Gasteiger partial charge is 0.381 e. The maximum atomic E-state index is 13.8. The monoisotopic (exact) mass is 645 g/mol. The number of carbonyl (C=O) groups excluding carboxylic acids is 3. The first-order valence-corrected chi connectivity index (χ1v) is 16.9. The summed E-state index contributed by atoms with van der Waals surface area (Å²) in [5.41, 5.74) is 1.84. The van der Waals surface area contributed by atoms with Gasteiger partial charge in [-0.15, -0.1) is 11.3 Å². The van der Waals surface area contributed by atoms with Gasteiger partial charge in [-0.05, 0) is 67.9 Å². The summed E-state index contributed by atoms with van der Waals surface area (Å²) in [4.78, 5) is 47.2. The third-order valence-corrected chi connectivity index (χ3v) is 10.1. The number of carbonyl (C=O) groups is 3. The van der Waals surface area contributed by atoms with Crippen molar-refractivity contribution in [3.8, 4) is 11.3 Å². The van der Waals surface area contributed by atoms with E-state index in [1.165, 1.54) is 23.5 Å². The fourth-order valence-electron chi connectivity index (χ4n) is 6.65. The third-order valence-electron chi connectivity index (χ3n) is 9.35. The second-order valence-corrected chi connectivity index (χ2v) is 13.4. The molecule has 2 saturated heterocycles. The SMILES string of the molecule is O=C(CN1CC[C@H]2NC(=O)[C@@H](Cc3ccccc3)NC(=O)C3(CC=CC[C@H]2C1)CCOCC3)Nc1nc(-c2ccc(F)cc2)cs1. The molecule has 0 radical (unpaired) electrons. The van der Waals surface area contributed by atoms with Gasteiger partial charge in [0.05, 0.1) is 17.7 Å². The predicted molar refractivity (Wildman–Crippen MR) is 176 cm³/mol. The number of aromatic nitrogens is 1. The van der Waals surface area contributed by atoms with Crippen molar-refractivity contribution in [3.63, 3.8) is 0 Å². The fourth-order valence-corrected chi connectivity index (χ4v) is 7.38. The van der Waals surface area contributed by atoms with Gasteiger partial charge in [0, 0.05) is 49.7 Å². The Bertz CT molecular complexity index is 1540. The number of thiazole rings is 1. The van der Waals surface area contributed by atoms with Gasteiger partial charge in [0.1, 0.15) is 11.9 Å². The Kier molecular flexibility index (Phi) is 10.2.